The summed E-state index contributed by atoms with van der Waals surface area (Å²) in [5.41, 5.74) is 3.06. The van der Waals surface area contributed by atoms with Gasteiger partial charge in [-0.25, -0.2) is 4.68 Å². The zero-order chi connectivity index (χ0) is 35.7. The third-order valence-electron chi connectivity index (χ3n) is 11.7. The predicted molar refractivity (Wildman–Crippen MR) is 198 cm³/mol. The Kier molecular flexibility index (Phi) is 8.04. The van der Waals surface area contributed by atoms with Gasteiger partial charge in [0.15, 0.2) is 5.60 Å². The lowest BCUT2D eigenvalue weighted by Crippen LogP contribution is -2.52. The number of carbonyl (C=O) groups excluding carboxylic acids is 2. The number of benzene rings is 4. The molecule has 10 nitrogen and oxygen atoms in total. The summed E-state index contributed by atoms with van der Waals surface area (Å²) in [7, 11) is -0.861. The molecule has 1 fully saturated rings. The van der Waals surface area contributed by atoms with Crippen LogP contribution in [0.3, 0.4) is 0 Å². The number of aromatic nitrogens is 2. The largest absolute Gasteiger partial charge is 0.497 e. The highest BCUT2D eigenvalue weighted by Crippen LogP contribution is 2.59. The highest BCUT2D eigenvalue weighted by molar-refractivity contribution is 6.91. The van der Waals surface area contributed by atoms with Crippen LogP contribution in [0.15, 0.2) is 95.8 Å². The molecule has 3 N–H and O–H groups in total. The predicted octanol–water partition coefficient (Wildman–Crippen LogP) is 4.83. The standard InChI is InChI=1S/C40H42N4O6Si/c1-24-37(51(3,4)30-16-14-29(49-2)15-17-30)35(21-36(46)43-22-26-10-6-5-9-25(26)19-28(43)23-45)50-40(24)32-20-27(13-18-34(32)41-39(40)48)44-38(47)31-11-7-8-12-33(31)42-44/h5-18,20,24,28,35,37,42,45H,19,21-23H2,1-4H3,(H,41,48)/t24-,28-,35+,37-,40+/m0/s1. The quantitative estimate of drug-likeness (QED) is 0.209. The van der Waals surface area contributed by atoms with Gasteiger partial charge in [0.1, 0.15) is 5.75 Å². The molecule has 1 saturated heterocycles. The fourth-order valence-corrected chi connectivity index (χ4v) is 13.0. The van der Waals surface area contributed by atoms with Gasteiger partial charge in [-0.15, -0.1) is 0 Å². The fourth-order valence-electron chi connectivity index (χ4n) is 9.03. The molecular formula is C40H42N4O6Si. The second-order valence-corrected chi connectivity index (χ2v) is 19.4. The number of para-hydroxylation sites is 1. The van der Waals surface area contributed by atoms with E-state index in [4.69, 9.17) is 9.47 Å². The third kappa shape index (κ3) is 5.17. The average molecular weight is 703 g/mol. The summed E-state index contributed by atoms with van der Waals surface area (Å²) in [6.45, 7) is 6.88. The monoisotopic (exact) mass is 702 g/mol. The van der Waals surface area contributed by atoms with Crippen molar-refractivity contribution in [1.29, 1.82) is 0 Å². The number of ether oxygens (including phenoxy) is 2. The Hall–Kier alpha value is -4.97. The maximum atomic E-state index is 14.4. The maximum absolute atomic E-state index is 14.4. The molecule has 3 aliphatic heterocycles. The third-order valence-corrected chi connectivity index (χ3v) is 16.0. The number of H-pyrrole nitrogens is 1. The number of aliphatic hydroxyl groups is 1. The van der Waals surface area contributed by atoms with E-state index in [1.54, 1.807) is 18.1 Å². The van der Waals surface area contributed by atoms with E-state index in [0.717, 1.165) is 22.1 Å². The lowest BCUT2D eigenvalue weighted by Gasteiger charge is -2.39. The number of nitrogens with zero attached hydrogens (tertiary/aromatic N) is 2. The van der Waals surface area contributed by atoms with Crippen molar-refractivity contribution in [2.24, 2.45) is 5.92 Å². The Balaban J connectivity index is 1.21. The van der Waals surface area contributed by atoms with Crippen molar-refractivity contribution >= 4 is 41.7 Å². The summed E-state index contributed by atoms with van der Waals surface area (Å²) in [6.07, 6.45) is 0.0426. The van der Waals surface area contributed by atoms with Gasteiger partial charge in [0.2, 0.25) is 5.91 Å². The Morgan fingerprint density at radius 1 is 1.00 bits per heavy atom. The van der Waals surface area contributed by atoms with Crippen LogP contribution in [0, 0.1) is 5.92 Å². The molecule has 2 amide bonds. The normalized spacial score (nSPS) is 24.1. The molecule has 0 unspecified atom stereocenters. The number of anilines is 1. The number of hydrogen-bond acceptors (Lipinski definition) is 6. The van der Waals surface area contributed by atoms with E-state index in [2.05, 4.69) is 48.6 Å². The van der Waals surface area contributed by atoms with E-state index in [9.17, 15) is 19.5 Å². The topological polar surface area (TPSA) is 126 Å². The number of fused-ring (bicyclic) bond motifs is 4. The first kappa shape index (κ1) is 33.2. The molecule has 0 bridgehead atoms. The average Bonchev–Trinajstić information content (AvgIpc) is 3.75. The number of nitrogens with one attached hydrogen (secondary N) is 2. The summed E-state index contributed by atoms with van der Waals surface area (Å²) in [6, 6.07) is 28.6. The lowest BCUT2D eigenvalue weighted by atomic mass is 9.82. The molecule has 262 valence electrons. The number of aliphatic hydroxyl groups excluding tert-OH is 1. The Labute approximate surface area is 297 Å². The van der Waals surface area contributed by atoms with Gasteiger partial charge in [-0.3, -0.25) is 19.5 Å². The number of carbonyl (C=O) groups is 2. The van der Waals surface area contributed by atoms with Crippen LogP contribution in [0.25, 0.3) is 16.6 Å². The molecule has 11 heteroatoms. The van der Waals surface area contributed by atoms with Crippen LogP contribution in [0.5, 0.6) is 5.75 Å². The number of rotatable bonds is 7. The summed E-state index contributed by atoms with van der Waals surface area (Å²) in [5.74, 6) is 0.0440. The van der Waals surface area contributed by atoms with Gasteiger partial charge in [-0.2, -0.15) is 0 Å². The zero-order valence-corrected chi connectivity index (χ0v) is 30.2. The minimum atomic E-state index is -2.50. The first-order chi connectivity index (χ1) is 24.6. The van der Waals surface area contributed by atoms with Gasteiger partial charge in [0.05, 0.1) is 56.9 Å². The van der Waals surface area contributed by atoms with Crippen molar-refractivity contribution < 1.29 is 24.2 Å². The van der Waals surface area contributed by atoms with Crippen molar-refractivity contribution in [1.82, 2.24) is 14.7 Å². The van der Waals surface area contributed by atoms with E-state index < -0.39 is 19.8 Å². The molecule has 4 aromatic carbocycles. The van der Waals surface area contributed by atoms with E-state index in [-0.39, 0.29) is 47.9 Å². The van der Waals surface area contributed by atoms with Crippen LogP contribution in [-0.2, 0) is 32.9 Å². The first-order valence-electron chi connectivity index (χ1n) is 17.5. The summed E-state index contributed by atoms with van der Waals surface area (Å²) in [5, 5.41) is 18.4. The van der Waals surface area contributed by atoms with Crippen molar-refractivity contribution in [3.05, 3.63) is 118 Å². The van der Waals surface area contributed by atoms with Crippen LogP contribution in [0.1, 0.15) is 30.0 Å². The smallest absolute Gasteiger partial charge is 0.279 e. The van der Waals surface area contributed by atoms with Crippen LogP contribution in [0.4, 0.5) is 5.69 Å². The number of hydrogen-bond donors (Lipinski definition) is 3. The molecule has 4 heterocycles. The molecule has 8 rings (SSSR count). The van der Waals surface area contributed by atoms with Crippen molar-refractivity contribution in [2.45, 2.75) is 62.7 Å². The van der Waals surface area contributed by atoms with Crippen LogP contribution in [0.2, 0.25) is 18.6 Å². The molecule has 1 spiro atoms. The fraction of sp³-hybridized carbons (Fsp3) is 0.325. The van der Waals surface area contributed by atoms with Gasteiger partial charge >= 0.3 is 0 Å². The molecule has 0 saturated carbocycles. The molecule has 5 atom stereocenters. The van der Waals surface area contributed by atoms with Crippen molar-refractivity contribution in [3.8, 4) is 11.4 Å². The van der Waals surface area contributed by atoms with Crippen LogP contribution in [-0.4, -0.2) is 65.5 Å². The number of amides is 2. The molecule has 5 aromatic rings. The van der Waals surface area contributed by atoms with E-state index in [0.29, 0.717) is 40.8 Å². The van der Waals surface area contributed by atoms with Crippen molar-refractivity contribution in [2.75, 3.05) is 19.0 Å². The molecule has 3 aliphatic rings. The molecule has 0 radical (unpaired) electrons. The van der Waals surface area contributed by atoms with Gasteiger partial charge in [0, 0.05) is 23.7 Å². The summed E-state index contributed by atoms with van der Waals surface area (Å²) >= 11 is 0. The van der Waals surface area contributed by atoms with Crippen LogP contribution >= 0.6 is 0 Å². The molecular weight excluding hydrogens is 661 g/mol. The highest BCUT2D eigenvalue weighted by atomic mass is 28.3. The Morgan fingerprint density at radius 3 is 2.45 bits per heavy atom. The number of aromatic amines is 1. The van der Waals surface area contributed by atoms with Gasteiger partial charge in [-0.1, -0.05) is 73.7 Å². The second kappa shape index (κ2) is 12.4. The highest BCUT2D eigenvalue weighted by Gasteiger charge is 2.65. The summed E-state index contributed by atoms with van der Waals surface area (Å²) in [4.78, 5) is 44.0. The number of methoxy groups -OCH3 is 1. The molecule has 51 heavy (non-hydrogen) atoms. The Morgan fingerprint density at radius 2 is 1.73 bits per heavy atom. The maximum Gasteiger partial charge on any atom is 0.279 e. The minimum Gasteiger partial charge on any atom is -0.497 e. The lowest BCUT2D eigenvalue weighted by molar-refractivity contribution is -0.149. The second-order valence-electron chi connectivity index (χ2n) is 14.7. The zero-order valence-electron chi connectivity index (χ0n) is 29.2. The summed E-state index contributed by atoms with van der Waals surface area (Å²) < 4.78 is 14.1. The van der Waals surface area contributed by atoms with Gasteiger partial charge in [0.25, 0.3) is 11.5 Å². The Bertz CT molecular complexity index is 2230. The van der Waals surface area contributed by atoms with Crippen LogP contribution < -0.4 is 20.8 Å². The molecule has 1 aromatic heterocycles. The SMILES string of the molecule is COc1ccc([Si](C)(C)[C@@H]2[C@@H](CC(=O)N3Cc4ccccc4C[C@H]3CO)O[C@]3(C(=O)Nc4ccc(-n5[nH]c6ccccc6c5=O)cc43)[C@H]2C)cc1. The van der Waals surface area contributed by atoms with E-state index in [1.165, 1.54) is 4.68 Å². The minimum absolute atomic E-state index is 0.0613. The van der Waals surface area contributed by atoms with Crippen molar-refractivity contribution in [3.63, 3.8) is 0 Å². The van der Waals surface area contributed by atoms with Gasteiger partial charge < -0.3 is 24.8 Å². The van der Waals surface area contributed by atoms with E-state index in [1.807, 2.05) is 66.7 Å². The van der Waals surface area contributed by atoms with Gasteiger partial charge in [-0.05, 0) is 65.6 Å². The first-order valence-corrected chi connectivity index (χ1v) is 20.6. The van der Waals surface area contributed by atoms with E-state index >= 15 is 0 Å². The molecule has 0 aliphatic carbocycles.